The molecule has 0 aliphatic heterocycles. The van der Waals surface area contributed by atoms with Gasteiger partial charge in [-0.15, -0.1) is 0 Å². The van der Waals surface area contributed by atoms with E-state index in [1.54, 1.807) is 0 Å². The lowest BCUT2D eigenvalue weighted by molar-refractivity contribution is -0.136. The predicted molar refractivity (Wildman–Crippen MR) is 102 cm³/mol. The Morgan fingerprint density at radius 3 is 2.24 bits per heavy atom. The molecule has 1 aromatic rings. The molecule has 0 aliphatic rings. The smallest absolute Gasteiger partial charge is 0.246 e. The number of benzene rings is 1. The number of carbonyl (C=O) groups is 1. The summed E-state index contributed by atoms with van der Waals surface area (Å²) in [4.78, 5) is 16.9. The van der Waals surface area contributed by atoms with Gasteiger partial charge in [0.2, 0.25) is 5.91 Å². The first kappa shape index (κ1) is 21.7. The van der Waals surface area contributed by atoms with Gasteiger partial charge in [0.05, 0.1) is 19.1 Å². The van der Waals surface area contributed by atoms with Crippen molar-refractivity contribution in [2.45, 2.75) is 90.3 Å². The standard InChI is InChI=1S/C21H35NO3/c1-2-3-4-5-6-7-8-9-13-16-20(23)17-21(24)22-25-18-19-14-11-10-12-15-19/h10-12,14-15,20,23H,2-9,13,16-18H2,1H3,(H,22,24)/t20-/m1/s1. The molecule has 1 amide bonds. The summed E-state index contributed by atoms with van der Waals surface area (Å²) in [5.41, 5.74) is 3.40. The quantitative estimate of drug-likeness (QED) is 0.349. The van der Waals surface area contributed by atoms with E-state index in [1.807, 2.05) is 30.3 Å². The Balaban J connectivity index is 1.93. The van der Waals surface area contributed by atoms with Crippen LogP contribution in [0.4, 0.5) is 0 Å². The highest BCUT2D eigenvalue weighted by atomic mass is 16.6. The second kappa shape index (κ2) is 14.9. The van der Waals surface area contributed by atoms with Crippen LogP contribution in [0.5, 0.6) is 0 Å². The molecule has 0 aromatic heterocycles. The van der Waals surface area contributed by atoms with Gasteiger partial charge in [-0.1, -0.05) is 95.0 Å². The van der Waals surface area contributed by atoms with Gasteiger partial charge in [-0.3, -0.25) is 9.63 Å². The average Bonchev–Trinajstić information content (AvgIpc) is 2.61. The zero-order valence-corrected chi connectivity index (χ0v) is 15.7. The highest BCUT2D eigenvalue weighted by Crippen LogP contribution is 2.12. The fourth-order valence-electron chi connectivity index (χ4n) is 2.82. The maximum Gasteiger partial charge on any atom is 0.246 e. The maximum atomic E-state index is 11.7. The molecule has 1 aromatic carbocycles. The minimum atomic E-state index is -0.579. The number of hydrogen-bond donors (Lipinski definition) is 2. The number of nitrogens with one attached hydrogen (secondary N) is 1. The van der Waals surface area contributed by atoms with Crippen LogP contribution in [0.3, 0.4) is 0 Å². The molecule has 4 heteroatoms. The lowest BCUT2D eigenvalue weighted by Gasteiger charge is -2.11. The third-order valence-electron chi connectivity index (χ3n) is 4.33. The van der Waals surface area contributed by atoms with E-state index in [1.165, 1.54) is 44.9 Å². The van der Waals surface area contributed by atoms with Gasteiger partial charge in [0, 0.05) is 0 Å². The summed E-state index contributed by atoms with van der Waals surface area (Å²) in [6, 6.07) is 9.66. The number of unbranched alkanes of at least 4 members (excludes halogenated alkanes) is 8. The SMILES string of the molecule is CCCCCCCCCCC[C@@H](O)CC(=O)NOCc1ccccc1. The van der Waals surface area contributed by atoms with E-state index in [9.17, 15) is 9.90 Å². The van der Waals surface area contributed by atoms with Crippen LogP contribution in [0.25, 0.3) is 0 Å². The Morgan fingerprint density at radius 2 is 1.60 bits per heavy atom. The lowest BCUT2D eigenvalue weighted by Crippen LogP contribution is -2.27. The Morgan fingerprint density at radius 1 is 1.00 bits per heavy atom. The molecule has 0 heterocycles. The second-order valence-electron chi connectivity index (χ2n) is 6.77. The lowest BCUT2D eigenvalue weighted by atomic mass is 10.0. The molecular weight excluding hydrogens is 314 g/mol. The van der Waals surface area contributed by atoms with Crippen LogP contribution in [0.2, 0.25) is 0 Å². The van der Waals surface area contributed by atoms with Crippen LogP contribution < -0.4 is 5.48 Å². The van der Waals surface area contributed by atoms with Crippen molar-refractivity contribution >= 4 is 5.91 Å². The number of amides is 1. The molecule has 25 heavy (non-hydrogen) atoms. The van der Waals surface area contributed by atoms with Crippen molar-refractivity contribution in [1.29, 1.82) is 0 Å². The van der Waals surface area contributed by atoms with Crippen LogP contribution >= 0.6 is 0 Å². The monoisotopic (exact) mass is 349 g/mol. The Kier molecular flexibility index (Phi) is 12.9. The van der Waals surface area contributed by atoms with Crippen molar-refractivity contribution in [2.75, 3.05) is 0 Å². The molecule has 4 nitrogen and oxygen atoms in total. The summed E-state index contributed by atoms with van der Waals surface area (Å²) >= 11 is 0. The number of hydrogen-bond acceptors (Lipinski definition) is 3. The maximum absolute atomic E-state index is 11.7. The molecule has 0 spiro atoms. The highest BCUT2D eigenvalue weighted by molar-refractivity contribution is 5.75. The zero-order valence-electron chi connectivity index (χ0n) is 15.7. The molecule has 142 valence electrons. The van der Waals surface area contributed by atoms with E-state index in [-0.39, 0.29) is 12.3 Å². The van der Waals surface area contributed by atoms with Crippen LogP contribution in [0, 0.1) is 0 Å². The molecule has 1 rings (SSSR count). The molecule has 0 saturated carbocycles. The van der Waals surface area contributed by atoms with E-state index >= 15 is 0 Å². The van der Waals surface area contributed by atoms with Crippen molar-refractivity contribution in [3.8, 4) is 0 Å². The van der Waals surface area contributed by atoms with Crippen molar-refractivity contribution in [2.24, 2.45) is 0 Å². The molecular formula is C21H35NO3. The summed E-state index contributed by atoms with van der Waals surface area (Å²) in [7, 11) is 0. The topological polar surface area (TPSA) is 58.6 Å². The highest BCUT2D eigenvalue weighted by Gasteiger charge is 2.10. The molecule has 0 bridgehead atoms. The van der Waals surface area contributed by atoms with Crippen LogP contribution in [0.1, 0.15) is 83.1 Å². The van der Waals surface area contributed by atoms with E-state index in [0.29, 0.717) is 13.0 Å². The van der Waals surface area contributed by atoms with Crippen molar-refractivity contribution in [3.05, 3.63) is 35.9 Å². The summed E-state index contributed by atoms with van der Waals surface area (Å²) in [5, 5.41) is 9.92. The summed E-state index contributed by atoms with van der Waals surface area (Å²) in [6.45, 7) is 2.57. The second-order valence-corrected chi connectivity index (χ2v) is 6.77. The van der Waals surface area contributed by atoms with Gasteiger partial charge in [-0.25, -0.2) is 5.48 Å². The van der Waals surface area contributed by atoms with Gasteiger partial charge < -0.3 is 5.11 Å². The molecule has 0 unspecified atom stereocenters. The zero-order chi connectivity index (χ0) is 18.2. The van der Waals surface area contributed by atoms with Gasteiger partial charge >= 0.3 is 0 Å². The molecule has 1 atom stereocenters. The van der Waals surface area contributed by atoms with Gasteiger partial charge in [0.25, 0.3) is 0 Å². The normalized spacial score (nSPS) is 12.1. The molecule has 0 aliphatic carbocycles. The van der Waals surface area contributed by atoms with Crippen molar-refractivity contribution < 1.29 is 14.7 Å². The first-order valence-electron chi connectivity index (χ1n) is 9.85. The van der Waals surface area contributed by atoms with Crippen LogP contribution in [0.15, 0.2) is 30.3 Å². The third-order valence-corrected chi connectivity index (χ3v) is 4.33. The minimum absolute atomic E-state index is 0.103. The van der Waals surface area contributed by atoms with Crippen LogP contribution in [-0.2, 0) is 16.2 Å². The van der Waals surface area contributed by atoms with Crippen molar-refractivity contribution in [1.82, 2.24) is 5.48 Å². The largest absolute Gasteiger partial charge is 0.393 e. The Hall–Kier alpha value is -1.39. The van der Waals surface area contributed by atoms with Crippen LogP contribution in [-0.4, -0.2) is 17.1 Å². The summed E-state index contributed by atoms with van der Waals surface area (Å²) < 4.78 is 0. The first-order valence-corrected chi connectivity index (χ1v) is 9.85. The van der Waals surface area contributed by atoms with E-state index in [0.717, 1.165) is 18.4 Å². The minimum Gasteiger partial charge on any atom is -0.393 e. The number of hydroxylamine groups is 1. The molecule has 0 radical (unpaired) electrons. The molecule has 2 N–H and O–H groups in total. The van der Waals surface area contributed by atoms with E-state index in [2.05, 4.69) is 12.4 Å². The van der Waals surface area contributed by atoms with E-state index in [4.69, 9.17) is 4.84 Å². The summed E-state index contributed by atoms with van der Waals surface area (Å²) in [6.07, 6.45) is 11.5. The number of rotatable bonds is 15. The Labute approximate surface area is 152 Å². The van der Waals surface area contributed by atoms with Gasteiger partial charge in [0.15, 0.2) is 0 Å². The Bertz CT molecular complexity index is 436. The predicted octanol–water partition coefficient (Wildman–Crippen LogP) is 4.91. The number of aliphatic hydroxyl groups is 1. The van der Waals surface area contributed by atoms with Gasteiger partial charge in [0.1, 0.15) is 0 Å². The summed E-state index contributed by atoms with van der Waals surface area (Å²) in [5.74, 6) is -0.264. The van der Waals surface area contributed by atoms with Gasteiger partial charge in [-0.2, -0.15) is 0 Å². The van der Waals surface area contributed by atoms with Crippen molar-refractivity contribution in [3.63, 3.8) is 0 Å². The number of carbonyl (C=O) groups excluding carboxylic acids is 1. The third kappa shape index (κ3) is 12.6. The average molecular weight is 350 g/mol. The molecule has 0 saturated heterocycles. The first-order chi connectivity index (χ1) is 12.2. The van der Waals surface area contributed by atoms with E-state index < -0.39 is 6.10 Å². The number of aliphatic hydroxyl groups excluding tert-OH is 1. The van der Waals surface area contributed by atoms with Gasteiger partial charge in [-0.05, 0) is 12.0 Å². The molecule has 0 fully saturated rings. The fourth-order valence-corrected chi connectivity index (χ4v) is 2.82. The fraction of sp³-hybridized carbons (Fsp3) is 0.667.